The van der Waals surface area contributed by atoms with Gasteiger partial charge in [-0.15, -0.1) is 11.3 Å². The van der Waals surface area contributed by atoms with E-state index in [1.807, 2.05) is 60.7 Å². The maximum atomic E-state index is 13.3. The molecule has 0 bridgehead atoms. The summed E-state index contributed by atoms with van der Waals surface area (Å²) in [5, 5.41) is 4.65. The average Bonchev–Trinajstić information content (AvgIpc) is 3.02. The van der Waals surface area contributed by atoms with Crippen molar-refractivity contribution in [3.63, 3.8) is 0 Å². The maximum Gasteiger partial charge on any atom is 0.263 e. The second-order valence-corrected chi connectivity index (χ2v) is 9.48. The topological polar surface area (TPSA) is 47.6 Å². The van der Waals surface area contributed by atoms with Crippen molar-refractivity contribution in [2.75, 3.05) is 13.2 Å². The van der Waals surface area contributed by atoms with E-state index in [1.165, 1.54) is 16.9 Å². The quantitative estimate of drug-likeness (QED) is 0.331. The summed E-state index contributed by atoms with van der Waals surface area (Å²) in [6.07, 6.45) is 2.43. The molecule has 5 rings (SSSR count). The molecule has 1 aliphatic rings. The Morgan fingerprint density at radius 1 is 0.970 bits per heavy atom. The third-order valence-corrected chi connectivity index (χ3v) is 7.46. The fourth-order valence-corrected chi connectivity index (χ4v) is 5.48. The van der Waals surface area contributed by atoms with Crippen LogP contribution < -0.4 is 14.8 Å². The number of amides is 1. The summed E-state index contributed by atoms with van der Waals surface area (Å²) < 4.78 is 12.7. The lowest BCUT2D eigenvalue weighted by atomic mass is 9.98. The van der Waals surface area contributed by atoms with E-state index in [2.05, 4.69) is 17.4 Å². The zero-order valence-electron chi connectivity index (χ0n) is 18.1. The van der Waals surface area contributed by atoms with Crippen molar-refractivity contribution in [3.05, 3.63) is 93.8 Å². The Bertz CT molecular complexity index is 1270. The molecule has 2 heterocycles. The smallest absolute Gasteiger partial charge is 0.263 e. The largest absolute Gasteiger partial charge is 0.490 e. The van der Waals surface area contributed by atoms with E-state index in [0.717, 1.165) is 46.4 Å². The number of ether oxygens (including phenoxy) is 2. The van der Waals surface area contributed by atoms with Crippen molar-refractivity contribution >= 4 is 38.9 Å². The van der Waals surface area contributed by atoms with E-state index in [9.17, 15) is 4.79 Å². The molecule has 1 aromatic heterocycles. The lowest BCUT2D eigenvalue weighted by Crippen LogP contribution is -2.28. The van der Waals surface area contributed by atoms with Crippen molar-refractivity contribution in [2.45, 2.75) is 25.3 Å². The van der Waals surface area contributed by atoms with Crippen molar-refractivity contribution in [3.8, 4) is 11.5 Å². The first-order valence-electron chi connectivity index (χ1n) is 11.1. The monoisotopic (exact) mass is 477 g/mol. The van der Waals surface area contributed by atoms with Crippen LogP contribution in [-0.2, 0) is 6.42 Å². The summed E-state index contributed by atoms with van der Waals surface area (Å²) in [6.45, 7) is 1.26. The molecule has 0 aliphatic carbocycles. The predicted octanol–water partition coefficient (Wildman–Crippen LogP) is 6.82. The molecule has 0 saturated heterocycles. The molecule has 0 spiro atoms. The Balaban J connectivity index is 1.43. The van der Waals surface area contributed by atoms with Crippen LogP contribution in [0.3, 0.4) is 0 Å². The standard InChI is InChI=1S/C27H24ClNO3S/c28-25-20-9-4-5-10-24(20)33-26(25)27(30)29-21(13-11-18-7-2-1-3-8-18)19-12-14-22-23(17-19)32-16-6-15-31-22/h1-5,7-10,12,14,17,21H,6,11,13,15-16H2,(H,29,30). The molecule has 1 N–H and O–H groups in total. The number of aryl methyl sites for hydroxylation is 1. The van der Waals surface area contributed by atoms with Crippen LogP contribution in [0.2, 0.25) is 5.02 Å². The summed E-state index contributed by atoms with van der Waals surface area (Å²) in [4.78, 5) is 13.9. The van der Waals surface area contributed by atoms with Crippen LogP contribution >= 0.6 is 22.9 Å². The molecule has 168 valence electrons. The number of benzene rings is 3. The van der Waals surface area contributed by atoms with Gasteiger partial charge in [-0.1, -0.05) is 66.2 Å². The Morgan fingerprint density at radius 2 is 1.73 bits per heavy atom. The summed E-state index contributed by atoms with van der Waals surface area (Å²) in [5.41, 5.74) is 2.21. The molecule has 3 aromatic carbocycles. The van der Waals surface area contributed by atoms with Gasteiger partial charge in [-0.2, -0.15) is 0 Å². The molecule has 0 saturated carbocycles. The highest BCUT2D eigenvalue weighted by Gasteiger charge is 2.22. The van der Waals surface area contributed by atoms with Crippen molar-refractivity contribution in [1.29, 1.82) is 0 Å². The van der Waals surface area contributed by atoms with Crippen LogP contribution in [0.5, 0.6) is 11.5 Å². The minimum Gasteiger partial charge on any atom is -0.490 e. The second-order valence-electron chi connectivity index (χ2n) is 8.05. The lowest BCUT2D eigenvalue weighted by molar-refractivity contribution is 0.0939. The molecular formula is C27H24ClNO3S. The molecule has 4 aromatic rings. The highest BCUT2D eigenvalue weighted by atomic mass is 35.5. The molecule has 0 radical (unpaired) electrons. The van der Waals surface area contributed by atoms with Gasteiger partial charge in [0.2, 0.25) is 0 Å². The molecule has 1 aliphatic heterocycles. The summed E-state index contributed by atoms with van der Waals surface area (Å²) in [7, 11) is 0. The van der Waals surface area contributed by atoms with Gasteiger partial charge in [0, 0.05) is 16.5 Å². The number of nitrogens with one attached hydrogen (secondary N) is 1. The third kappa shape index (κ3) is 4.85. The first-order valence-corrected chi connectivity index (χ1v) is 12.3. The molecule has 1 amide bonds. The van der Waals surface area contributed by atoms with E-state index in [4.69, 9.17) is 21.1 Å². The summed E-state index contributed by atoms with van der Waals surface area (Å²) in [5.74, 6) is 1.31. The molecule has 1 unspecified atom stereocenters. The fraction of sp³-hybridized carbons (Fsp3) is 0.222. The molecule has 33 heavy (non-hydrogen) atoms. The number of carbonyl (C=O) groups is 1. The first kappa shape index (κ1) is 21.8. The zero-order valence-corrected chi connectivity index (χ0v) is 19.6. The van der Waals surface area contributed by atoms with Gasteiger partial charge in [-0.05, 0) is 42.2 Å². The Kier molecular flexibility index (Phi) is 6.51. The van der Waals surface area contributed by atoms with Crippen LogP contribution in [0, 0.1) is 0 Å². The van der Waals surface area contributed by atoms with Gasteiger partial charge in [0.05, 0.1) is 24.3 Å². The van der Waals surface area contributed by atoms with Crippen molar-refractivity contribution in [1.82, 2.24) is 5.32 Å². The van der Waals surface area contributed by atoms with Gasteiger partial charge < -0.3 is 14.8 Å². The van der Waals surface area contributed by atoms with E-state index in [0.29, 0.717) is 23.1 Å². The average molecular weight is 478 g/mol. The van der Waals surface area contributed by atoms with Gasteiger partial charge in [0.25, 0.3) is 5.91 Å². The summed E-state index contributed by atoms with van der Waals surface area (Å²) in [6, 6.07) is 23.9. The third-order valence-electron chi connectivity index (χ3n) is 5.78. The fourth-order valence-electron chi connectivity index (χ4n) is 4.06. The molecular weight excluding hydrogens is 454 g/mol. The van der Waals surface area contributed by atoms with Gasteiger partial charge in [-0.3, -0.25) is 4.79 Å². The number of rotatable bonds is 6. The molecule has 1 atom stereocenters. The van der Waals surface area contributed by atoms with Crippen LogP contribution in [-0.4, -0.2) is 19.1 Å². The number of thiophene rings is 1. The highest BCUT2D eigenvalue weighted by molar-refractivity contribution is 7.21. The zero-order chi connectivity index (χ0) is 22.6. The number of hydrogen-bond acceptors (Lipinski definition) is 4. The van der Waals surface area contributed by atoms with Gasteiger partial charge in [0.15, 0.2) is 11.5 Å². The number of hydrogen-bond donors (Lipinski definition) is 1. The van der Waals surface area contributed by atoms with Gasteiger partial charge >= 0.3 is 0 Å². The van der Waals surface area contributed by atoms with Crippen molar-refractivity contribution < 1.29 is 14.3 Å². The Morgan fingerprint density at radius 3 is 2.55 bits per heavy atom. The van der Waals surface area contributed by atoms with Crippen LogP contribution in [0.15, 0.2) is 72.8 Å². The highest BCUT2D eigenvalue weighted by Crippen LogP contribution is 2.37. The predicted molar refractivity (Wildman–Crippen MR) is 134 cm³/mol. The second kappa shape index (κ2) is 9.86. The van der Waals surface area contributed by atoms with Crippen LogP contribution in [0.4, 0.5) is 0 Å². The van der Waals surface area contributed by atoms with E-state index in [-0.39, 0.29) is 11.9 Å². The van der Waals surface area contributed by atoms with E-state index >= 15 is 0 Å². The Labute approximate surface area is 202 Å². The van der Waals surface area contributed by atoms with E-state index in [1.54, 1.807) is 0 Å². The number of carbonyl (C=O) groups excluding carboxylic acids is 1. The SMILES string of the molecule is O=C(NC(CCc1ccccc1)c1ccc2c(c1)OCCCO2)c1sc2ccccc2c1Cl. The van der Waals surface area contributed by atoms with Crippen molar-refractivity contribution in [2.24, 2.45) is 0 Å². The summed E-state index contributed by atoms with van der Waals surface area (Å²) >= 11 is 8.00. The molecule has 4 nitrogen and oxygen atoms in total. The van der Waals surface area contributed by atoms with E-state index < -0.39 is 0 Å². The number of fused-ring (bicyclic) bond motifs is 2. The molecule has 0 fully saturated rings. The molecule has 6 heteroatoms. The Hall–Kier alpha value is -3.02. The number of halogens is 1. The minimum absolute atomic E-state index is 0.161. The maximum absolute atomic E-state index is 13.3. The first-order chi connectivity index (χ1) is 16.2. The van der Waals surface area contributed by atoms with Gasteiger partial charge in [0.1, 0.15) is 4.88 Å². The lowest BCUT2D eigenvalue weighted by Gasteiger charge is -2.20. The minimum atomic E-state index is -0.198. The normalized spacial score (nSPS) is 14.0. The van der Waals surface area contributed by atoms with Crippen LogP contribution in [0.1, 0.15) is 39.7 Å². The van der Waals surface area contributed by atoms with Gasteiger partial charge in [-0.25, -0.2) is 0 Å². The van der Waals surface area contributed by atoms with Crippen LogP contribution in [0.25, 0.3) is 10.1 Å².